The molecule has 39 heavy (non-hydrogen) atoms. The number of pyridine rings is 1. The number of aromatic nitrogens is 2. The van der Waals surface area contributed by atoms with Gasteiger partial charge in [-0.3, -0.25) is 14.7 Å². The zero-order valence-corrected chi connectivity index (χ0v) is 23.4. The molecule has 1 amide bonds. The van der Waals surface area contributed by atoms with E-state index in [0.717, 1.165) is 47.8 Å². The van der Waals surface area contributed by atoms with Crippen LogP contribution in [0.5, 0.6) is 0 Å². The molecule has 0 saturated carbocycles. The number of benzene rings is 1. The van der Waals surface area contributed by atoms with E-state index >= 15 is 0 Å². The summed E-state index contributed by atoms with van der Waals surface area (Å²) in [6.45, 7) is 12.0. The third-order valence-corrected chi connectivity index (χ3v) is 7.86. The number of ether oxygens (including phenoxy) is 1. The first-order valence-corrected chi connectivity index (χ1v) is 13.9. The highest BCUT2D eigenvalue weighted by atomic mass is 32.1. The van der Waals surface area contributed by atoms with Gasteiger partial charge < -0.3 is 15.0 Å². The number of carbonyl (C=O) groups is 1. The average Bonchev–Trinajstić information content (AvgIpc) is 3.39. The van der Waals surface area contributed by atoms with Crippen molar-refractivity contribution in [3.05, 3.63) is 64.3 Å². The van der Waals surface area contributed by atoms with Gasteiger partial charge in [0.2, 0.25) is 0 Å². The molecule has 11 heteroatoms. The molecule has 210 valence electrons. The third kappa shape index (κ3) is 6.95. The summed E-state index contributed by atoms with van der Waals surface area (Å²) in [6.07, 6.45) is -3.26. The van der Waals surface area contributed by atoms with E-state index < -0.39 is 28.7 Å². The third-order valence-electron chi connectivity index (χ3n) is 6.80. The van der Waals surface area contributed by atoms with Gasteiger partial charge in [0.05, 0.1) is 19.3 Å². The molecule has 1 atom stereocenters. The van der Waals surface area contributed by atoms with Crippen LogP contribution in [0, 0.1) is 0 Å². The Morgan fingerprint density at radius 2 is 1.92 bits per heavy atom. The largest absolute Gasteiger partial charge is 0.435 e. The van der Waals surface area contributed by atoms with Crippen LogP contribution >= 0.6 is 11.3 Å². The van der Waals surface area contributed by atoms with Crippen molar-refractivity contribution in [2.45, 2.75) is 52.5 Å². The molecule has 0 spiro atoms. The zero-order valence-electron chi connectivity index (χ0n) is 22.6. The Bertz CT molecular complexity index is 1270. The lowest BCUT2D eigenvalue weighted by molar-refractivity contribution is -0.141. The quantitative estimate of drug-likeness (QED) is 0.357. The Kier molecular flexibility index (Phi) is 9.24. The lowest BCUT2D eigenvalue weighted by atomic mass is 10.1. The van der Waals surface area contributed by atoms with Gasteiger partial charge in [0.25, 0.3) is 5.91 Å². The molecule has 1 fully saturated rings. The Morgan fingerprint density at radius 3 is 2.59 bits per heavy atom. The second-order valence-electron chi connectivity index (χ2n) is 9.75. The standard InChI is InChI=1S/C28H34F3N5O2S/c1-5-35(18(2)3)17-21-9-7-11-32-23(21)27-34-25(28(29,30)31)24(39-27)26(37)33-19(4)20-8-6-10-22(16-20)36-12-14-38-15-13-36/h6-11,16,18-19H,5,12-15,17H2,1-4H3,(H,33,37)/t19-/m0/s1. The predicted molar refractivity (Wildman–Crippen MR) is 147 cm³/mol. The lowest BCUT2D eigenvalue weighted by Crippen LogP contribution is -2.36. The van der Waals surface area contributed by atoms with Gasteiger partial charge in [-0.2, -0.15) is 13.2 Å². The summed E-state index contributed by atoms with van der Waals surface area (Å²) in [5, 5.41) is 2.82. The number of alkyl halides is 3. The number of anilines is 1. The maximum Gasteiger partial charge on any atom is 0.435 e. The van der Waals surface area contributed by atoms with Crippen molar-refractivity contribution in [3.8, 4) is 10.7 Å². The second-order valence-corrected chi connectivity index (χ2v) is 10.8. The fourth-order valence-corrected chi connectivity index (χ4v) is 5.58. The molecule has 7 nitrogen and oxygen atoms in total. The van der Waals surface area contributed by atoms with E-state index in [9.17, 15) is 18.0 Å². The number of rotatable bonds is 9. The van der Waals surface area contributed by atoms with Gasteiger partial charge in [-0.05, 0) is 56.6 Å². The van der Waals surface area contributed by atoms with E-state index in [-0.39, 0.29) is 11.0 Å². The summed E-state index contributed by atoms with van der Waals surface area (Å²) in [5.41, 5.74) is 1.71. The number of nitrogens with zero attached hydrogens (tertiary/aromatic N) is 4. The fraction of sp³-hybridized carbons (Fsp3) is 0.464. The molecular weight excluding hydrogens is 527 g/mol. The molecule has 3 heterocycles. The highest BCUT2D eigenvalue weighted by Gasteiger charge is 2.40. The molecule has 0 bridgehead atoms. The number of halogens is 3. The van der Waals surface area contributed by atoms with Crippen LogP contribution in [0.2, 0.25) is 0 Å². The van der Waals surface area contributed by atoms with Gasteiger partial charge in [-0.1, -0.05) is 25.1 Å². The SMILES string of the molecule is CCN(Cc1cccnc1-c1nc(C(F)(F)F)c(C(=O)N[C@@H](C)c2cccc(N3CCOCC3)c2)s1)C(C)C. The number of hydrogen-bond acceptors (Lipinski definition) is 7. The summed E-state index contributed by atoms with van der Waals surface area (Å²) in [5.74, 6) is -0.815. The van der Waals surface area contributed by atoms with Crippen LogP contribution in [-0.2, 0) is 17.5 Å². The van der Waals surface area contributed by atoms with E-state index in [1.807, 2.05) is 37.3 Å². The first-order chi connectivity index (χ1) is 18.6. The Hall–Kier alpha value is -3.02. The smallest absolute Gasteiger partial charge is 0.378 e. The topological polar surface area (TPSA) is 70.6 Å². The summed E-state index contributed by atoms with van der Waals surface area (Å²) >= 11 is 0.722. The predicted octanol–water partition coefficient (Wildman–Crippen LogP) is 5.78. The minimum Gasteiger partial charge on any atom is -0.378 e. The van der Waals surface area contributed by atoms with Crippen LogP contribution < -0.4 is 10.2 Å². The van der Waals surface area contributed by atoms with E-state index in [1.165, 1.54) is 6.20 Å². The number of amides is 1. The van der Waals surface area contributed by atoms with Gasteiger partial charge in [0.15, 0.2) is 5.69 Å². The highest BCUT2D eigenvalue weighted by molar-refractivity contribution is 7.17. The monoisotopic (exact) mass is 561 g/mol. The second kappa shape index (κ2) is 12.4. The number of nitrogens with one attached hydrogen (secondary N) is 1. The number of carbonyl (C=O) groups excluding carboxylic acids is 1. The number of hydrogen-bond donors (Lipinski definition) is 1. The Morgan fingerprint density at radius 1 is 1.18 bits per heavy atom. The van der Waals surface area contributed by atoms with Crippen molar-refractivity contribution < 1.29 is 22.7 Å². The van der Waals surface area contributed by atoms with Crippen molar-refractivity contribution in [2.75, 3.05) is 37.7 Å². The summed E-state index contributed by atoms with van der Waals surface area (Å²) in [7, 11) is 0. The van der Waals surface area contributed by atoms with Gasteiger partial charge in [-0.15, -0.1) is 11.3 Å². The Labute approximate surface area is 231 Å². The molecule has 4 rings (SSSR count). The first-order valence-electron chi connectivity index (χ1n) is 13.1. The molecule has 1 aliphatic heterocycles. The first kappa shape index (κ1) is 29.0. The molecule has 0 unspecified atom stereocenters. The van der Waals surface area contributed by atoms with Gasteiger partial charge in [0.1, 0.15) is 15.6 Å². The van der Waals surface area contributed by atoms with E-state index in [0.29, 0.717) is 25.5 Å². The lowest BCUT2D eigenvalue weighted by Gasteiger charge is -2.29. The van der Waals surface area contributed by atoms with Crippen LogP contribution in [0.15, 0.2) is 42.6 Å². The molecule has 1 aliphatic rings. The fourth-order valence-electron chi connectivity index (χ4n) is 4.56. The van der Waals surface area contributed by atoms with Gasteiger partial charge in [-0.25, -0.2) is 4.98 Å². The van der Waals surface area contributed by atoms with Crippen molar-refractivity contribution >= 4 is 22.9 Å². The van der Waals surface area contributed by atoms with Crippen LogP contribution in [0.1, 0.15) is 60.2 Å². The summed E-state index contributed by atoms with van der Waals surface area (Å²) in [6, 6.07) is 11.0. The average molecular weight is 562 g/mol. The minimum atomic E-state index is -4.79. The van der Waals surface area contributed by atoms with Crippen molar-refractivity contribution in [1.29, 1.82) is 0 Å². The highest BCUT2D eigenvalue weighted by Crippen LogP contribution is 2.38. The maximum atomic E-state index is 14.0. The van der Waals surface area contributed by atoms with E-state index in [4.69, 9.17) is 4.74 Å². The van der Waals surface area contributed by atoms with Crippen molar-refractivity contribution in [3.63, 3.8) is 0 Å². The molecule has 2 aromatic heterocycles. The van der Waals surface area contributed by atoms with Crippen LogP contribution in [0.3, 0.4) is 0 Å². The minimum absolute atomic E-state index is 0.0739. The molecule has 0 radical (unpaired) electrons. The van der Waals surface area contributed by atoms with Gasteiger partial charge in [0, 0.05) is 37.6 Å². The number of thiazole rings is 1. The number of morpholine rings is 1. The molecule has 0 aliphatic carbocycles. The van der Waals surface area contributed by atoms with Crippen LogP contribution in [0.25, 0.3) is 10.7 Å². The van der Waals surface area contributed by atoms with Crippen LogP contribution in [-0.4, -0.2) is 59.7 Å². The summed E-state index contributed by atoms with van der Waals surface area (Å²) in [4.78, 5) is 25.4. The molecule has 1 saturated heterocycles. The molecular formula is C28H34F3N5O2S. The van der Waals surface area contributed by atoms with Crippen LogP contribution in [0.4, 0.5) is 18.9 Å². The molecule has 1 N–H and O–H groups in total. The van der Waals surface area contributed by atoms with Gasteiger partial charge >= 0.3 is 6.18 Å². The normalized spacial score (nSPS) is 15.2. The van der Waals surface area contributed by atoms with Crippen molar-refractivity contribution in [2.24, 2.45) is 0 Å². The maximum absolute atomic E-state index is 14.0. The molecule has 1 aromatic carbocycles. The van der Waals surface area contributed by atoms with E-state index in [1.54, 1.807) is 13.0 Å². The molecule has 3 aromatic rings. The summed E-state index contributed by atoms with van der Waals surface area (Å²) < 4.78 is 47.6. The van der Waals surface area contributed by atoms with E-state index in [2.05, 4.69) is 38.9 Å². The van der Waals surface area contributed by atoms with Crippen molar-refractivity contribution in [1.82, 2.24) is 20.2 Å². The Balaban J connectivity index is 1.61. The zero-order chi connectivity index (χ0) is 28.2.